The quantitative estimate of drug-likeness (QED) is 0.448. The van der Waals surface area contributed by atoms with Crippen molar-refractivity contribution in [2.75, 3.05) is 20.8 Å². The Morgan fingerprint density at radius 3 is 2.26 bits per heavy atom. The molecule has 0 N–H and O–H groups in total. The van der Waals surface area contributed by atoms with Crippen LogP contribution < -0.4 is 9.47 Å². The van der Waals surface area contributed by atoms with E-state index in [0.717, 1.165) is 5.56 Å². The summed E-state index contributed by atoms with van der Waals surface area (Å²) in [5.74, 6) is 0.100. The number of Topliss-reactive ketones (excluding diaryl/α,β-unsaturated/α-hetero) is 1. The van der Waals surface area contributed by atoms with Crippen molar-refractivity contribution in [2.24, 2.45) is 0 Å². The van der Waals surface area contributed by atoms with Crippen molar-refractivity contribution in [3.05, 3.63) is 23.3 Å². The summed E-state index contributed by atoms with van der Waals surface area (Å²) in [6, 6.07) is 3.28. The molecule has 104 valence electrons. The molecule has 0 atom stereocenters. The van der Waals surface area contributed by atoms with Gasteiger partial charge < -0.3 is 14.2 Å². The molecule has 0 saturated carbocycles. The minimum atomic E-state index is -0.547. The van der Waals surface area contributed by atoms with E-state index in [9.17, 15) is 9.59 Å². The molecule has 0 amide bonds. The predicted octanol–water partition coefficient (Wildman–Crippen LogP) is 2.15. The zero-order valence-electron chi connectivity index (χ0n) is 11.6. The van der Waals surface area contributed by atoms with Gasteiger partial charge in [0.2, 0.25) is 0 Å². The number of benzene rings is 1. The first-order valence-corrected chi connectivity index (χ1v) is 5.94. The van der Waals surface area contributed by atoms with Crippen LogP contribution in [-0.4, -0.2) is 32.6 Å². The lowest BCUT2D eigenvalue weighted by atomic mass is 10.0. The SMILES string of the molecule is CCOC(=O)CC(=O)c1cc(OC)c(C)cc1OC. The van der Waals surface area contributed by atoms with E-state index in [4.69, 9.17) is 14.2 Å². The number of carbonyl (C=O) groups is 2. The van der Waals surface area contributed by atoms with Crippen molar-refractivity contribution < 1.29 is 23.8 Å². The van der Waals surface area contributed by atoms with Crippen molar-refractivity contribution in [3.8, 4) is 11.5 Å². The molecule has 1 rings (SSSR count). The fraction of sp³-hybridized carbons (Fsp3) is 0.429. The number of ketones is 1. The number of ether oxygens (including phenoxy) is 3. The second kappa shape index (κ2) is 6.78. The van der Waals surface area contributed by atoms with E-state index >= 15 is 0 Å². The second-order valence-electron chi connectivity index (χ2n) is 3.93. The highest BCUT2D eigenvalue weighted by Gasteiger charge is 2.19. The van der Waals surface area contributed by atoms with Gasteiger partial charge in [0.15, 0.2) is 5.78 Å². The lowest BCUT2D eigenvalue weighted by molar-refractivity contribution is -0.141. The van der Waals surface area contributed by atoms with Crippen LogP contribution in [0.4, 0.5) is 0 Å². The predicted molar refractivity (Wildman–Crippen MR) is 69.9 cm³/mol. The van der Waals surface area contributed by atoms with Crippen LogP contribution in [0.15, 0.2) is 12.1 Å². The summed E-state index contributed by atoms with van der Waals surface area (Å²) in [6.45, 7) is 3.79. The number of hydrogen-bond donors (Lipinski definition) is 0. The molecule has 0 aliphatic rings. The number of aryl methyl sites for hydroxylation is 1. The Hall–Kier alpha value is -2.04. The average molecular weight is 266 g/mol. The average Bonchev–Trinajstić information content (AvgIpc) is 2.38. The third-order valence-electron chi connectivity index (χ3n) is 2.63. The molecular formula is C14H18O5. The molecule has 1 aromatic carbocycles. The Labute approximate surface area is 112 Å². The van der Waals surface area contributed by atoms with Crippen molar-refractivity contribution in [1.29, 1.82) is 0 Å². The van der Waals surface area contributed by atoms with E-state index in [1.165, 1.54) is 14.2 Å². The number of esters is 1. The molecule has 0 aliphatic carbocycles. The Morgan fingerprint density at radius 1 is 1.11 bits per heavy atom. The van der Waals surface area contributed by atoms with Gasteiger partial charge in [0, 0.05) is 0 Å². The van der Waals surface area contributed by atoms with Crippen LogP contribution in [0.3, 0.4) is 0 Å². The van der Waals surface area contributed by atoms with Gasteiger partial charge in [-0.05, 0) is 31.5 Å². The Bertz CT molecular complexity index is 479. The molecule has 0 spiro atoms. The fourth-order valence-electron chi connectivity index (χ4n) is 1.71. The largest absolute Gasteiger partial charge is 0.496 e. The highest BCUT2D eigenvalue weighted by Crippen LogP contribution is 2.29. The fourth-order valence-corrected chi connectivity index (χ4v) is 1.71. The molecular weight excluding hydrogens is 248 g/mol. The first kappa shape index (κ1) is 15.0. The molecule has 0 aliphatic heterocycles. The van der Waals surface area contributed by atoms with Crippen LogP contribution in [0, 0.1) is 6.92 Å². The minimum absolute atomic E-state index is 0.250. The smallest absolute Gasteiger partial charge is 0.313 e. The van der Waals surface area contributed by atoms with Crippen molar-refractivity contribution in [1.82, 2.24) is 0 Å². The van der Waals surface area contributed by atoms with Crippen LogP contribution in [-0.2, 0) is 9.53 Å². The molecule has 19 heavy (non-hydrogen) atoms. The van der Waals surface area contributed by atoms with Gasteiger partial charge >= 0.3 is 5.97 Å². The maximum absolute atomic E-state index is 12.1. The molecule has 1 aromatic rings. The maximum Gasteiger partial charge on any atom is 0.313 e. The van der Waals surface area contributed by atoms with Crippen molar-refractivity contribution in [2.45, 2.75) is 20.3 Å². The molecule has 0 fully saturated rings. The van der Waals surface area contributed by atoms with E-state index in [2.05, 4.69) is 0 Å². The Kier molecular flexibility index (Phi) is 5.36. The Balaban J connectivity index is 3.04. The molecule has 0 saturated heterocycles. The summed E-state index contributed by atoms with van der Waals surface area (Å²) in [7, 11) is 3.00. The molecule has 5 heteroatoms. The van der Waals surface area contributed by atoms with Crippen LogP contribution in [0.1, 0.15) is 29.3 Å². The van der Waals surface area contributed by atoms with Crippen LogP contribution >= 0.6 is 0 Å². The monoisotopic (exact) mass is 266 g/mol. The molecule has 5 nitrogen and oxygen atoms in total. The summed E-state index contributed by atoms with van der Waals surface area (Å²) in [6.07, 6.45) is -0.309. The summed E-state index contributed by atoms with van der Waals surface area (Å²) in [4.78, 5) is 23.4. The van der Waals surface area contributed by atoms with Crippen LogP contribution in [0.25, 0.3) is 0 Å². The Morgan fingerprint density at radius 2 is 1.74 bits per heavy atom. The molecule has 0 bridgehead atoms. The number of rotatable bonds is 6. The summed E-state index contributed by atoms with van der Waals surface area (Å²) < 4.78 is 15.1. The van der Waals surface area contributed by atoms with Gasteiger partial charge in [-0.2, -0.15) is 0 Å². The number of methoxy groups -OCH3 is 2. The van der Waals surface area contributed by atoms with Gasteiger partial charge in [-0.3, -0.25) is 9.59 Å². The third-order valence-corrected chi connectivity index (χ3v) is 2.63. The standard InChI is InChI=1S/C14H18O5/c1-5-19-14(16)8-11(15)10-7-12(17-3)9(2)6-13(10)18-4/h6-7H,5,8H2,1-4H3. The molecule has 0 radical (unpaired) electrons. The van der Waals surface area contributed by atoms with E-state index in [1.807, 2.05) is 6.92 Å². The van der Waals surface area contributed by atoms with Gasteiger partial charge in [0.1, 0.15) is 17.9 Å². The van der Waals surface area contributed by atoms with Gasteiger partial charge in [0.25, 0.3) is 0 Å². The maximum atomic E-state index is 12.1. The van der Waals surface area contributed by atoms with E-state index in [0.29, 0.717) is 17.1 Å². The molecule has 0 unspecified atom stereocenters. The van der Waals surface area contributed by atoms with Gasteiger partial charge in [0.05, 0.1) is 26.4 Å². The zero-order valence-corrected chi connectivity index (χ0v) is 11.6. The van der Waals surface area contributed by atoms with Gasteiger partial charge in [-0.25, -0.2) is 0 Å². The summed E-state index contributed by atoms with van der Waals surface area (Å²) >= 11 is 0. The third kappa shape index (κ3) is 3.71. The molecule has 0 heterocycles. The summed E-state index contributed by atoms with van der Waals surface area (Å²) in [5, 5.41) is 0. The van der Waals surface area contributed by atoms with Crippen molar-refractivity contribution in [3.63, 3.8) is 0 Å². The highest BCUT2D eigenvalue weighted by molar-refractivity contribution is 6.07. The highest BCUT2D eigenvalue weighted by atomic mass is 16.5. The molecule has 0 aromatic heterocycles. The van der Waals surface area contributed by atoms with E-state index in [-0.39, 0.29) is 18.8 Å². The second-order valence-corrected chi connectivity index (χ2v) is 3.93. The van der Waals surface area contributed by atoms with E-state index in [1.54, 1.807) is 19.1 Å². The topological polar surface area (TPSA) is 61.8 Å². The van der Waals surface area contributed by atoms with Crippen molar-refractivity contribution >= 4 is 11.8 Å². The number of hydrogen-bond acceptors (Lipinski definition) is 5. The van der Waals surface area contributed by atoms with Crippen LogP contribution in [0.2, 0.25) is 0 Å². The zero-order chi connectivity index (χ0) is 14.4. The normalized spacial score (nSPS) is 9.89. The van der Waals surface area contributed by atoms with Crippen LogP contribution in [0.5, 0.6) is 11.5 Å². The number of carbonyl (C=O) groups excluding carboxylic acids is 2. The lowest BCUT2D eigenvalue weighted by Gasteiger charge is -2.12. The lowest BCUT2D eigenvalue weighted by Crippen LogP contribution is -2.12. The minimum Gasteiger partial charge on any atom is -0.496 e. The van der Waals surface area contributed by atoms with E-state index < -0.39 is 5.97 Å². The first-order chi connectivity index (χ1) is 9.03. The first-order valence-electron chi connectivity index (χ1n) is 5.94. The van der Waals surface area contributed by atoms with Gasteiger partial charge in [-0.15, -0.1) is 0 Å². The summed E-state index contributed by atoms with van der Waals surface area (Å²) in [5.41, 5.74) is 1.17. The van der Waals surface area contributed by atoms with Gasteiger partial charge in [-0.1, -0.05) is 0 Å².